The number of nitrogens with one attached hydrogen (secondary N) is 1. The summed E-state index contributed by atoms with van der Waals surface area (Å²) in [6, 6.07) is 8.20. The lowest BCUT2D eigenvalue weighted by Crippen LogP contribution is -2.20. The molecule has 1 aromatic carbocycles. The van der Waals surface area contributed by atoms with Crippen LogP contribution in [0, 0.1) is 0 Å². The van der Waals surface area contributed by atoms with E-state index in [1.807, 2.05) is 42.8 Å². The average molecular weight is 270 g/mol. The van der Waals surface area contributed by atoms with Gasteiger partial charge in [-0.2, -0.15) is 5.10 Å². The number of fused-ring (bicyclic) bond motifs is 1. The summed E-state index contributed by atoms with van der Waals surface area (Å²) in [6.07, 6.45) is 1.85. The Labute approximate surface area is 118 Å². The summed E-state index contributed by atoms with van der Waals surface area (Å²) >= 11 is 0. The summed E-state index contributed by atoms with van der Waals surface area (Å²) in [5.41, 5.74) is 2.16. The van der Waals surface area contributed by atoms with Crippen LogP contribution >= 0.6 is 0 Å². The van der Waals surface area contributed by atoms with Crippen LogP contribution in [0.1, 0.15) is 37.2 Å². The molecule has 0 aliphatic carbocycles. The third-order valence-electron chi connectivity index (χ3n) is 3.69. The SMILES string of the molecule is CC(C)n1ncnc1CC(=O)C1CNc2ccccc21. The smallest absolute Gasteiger partial charge is 0.149 e. The first kappa shape index (κ1) is 12.8. The molecular formula is C15H18N4O. The Morgan fingerprint density at radius 2 is 2.25 bits per heavy atom. The van der Waals surface area contributed by atoms with Crippen LogP contribution in [-0.4, -0.2) is 27.1 Å². The number of para-hydroxylation sites is 1. The second-order valence-electron chi connectivity index (χ2n) is 5.38. The number of rotatable bonds is 4. The van der Waals surface area contributed by atoms with E-state index in [0.717, 1.165) is 17.1 Å². The van der Waals surface area contributed by atoms with Crippen molar-refractivity contribution in [1.82, 2.24) is 14.8 Å². The second-order valence-corrected chi connectivity index (χ2v) is 5.38. The van der Waals surface area contributed by atoms with Gasteiger partial charge in [0.2, 0.25) is 0 Å². The molecule has 20 heavy (non-hydrogen) atoms. The third-order valence-corrected chi connectivity index (χ3v) is 3.69. The number of carbonyl (C=O) groups is 1. The van der Waals surface area contributed by atoms with Crippen LogP contribution in [0.15, 0.2) is 30.6 Å². The number of benzene rings is 1. The molecule has 0 spiro atoms. The highest BCUT2D eigenvalue weighted by Crippen LogP contribution is 2.32. The predicted octanol–water partition coefficient (Wildman–Crippen LogP) is 2.18. The fourth-order valence-corrected chi connectivity index (χ4v) is 2.68. The minimum absolute atomic E-state index is 0.0801. The van der Waals surface area contributed by atoms with Crippen LogP contribution in [0.2, 0.25) is 0 Å². The molecule has 1 aliphatic heterocycles. The Bertz CT molecular complexity index is 632. The summed E-state index contributed by atoms with van der Waals surface area (Å²) in [5.74, 6) is 0.857. The lowest BCUT2D eigenvalue weighted by molar-refractivity contribution is -0.119. The van der Waals surface area contributed by atoms with Crippen molar-refractivity contribution in [3.63, 3.8) is 0 Å². The van der Waals surface area contributed by atoms with Crippen molar-refractivity contribution < 1.29 is 4.79 Å². The van der Waals surface area contributed by atoms with E-state index in [4.69, 9.17) is 0 Å². The zero-order valence-corrected chi connectivity index (χ0v) is 11.7. The quantitative estimate of drug-likeness (QED) is 0.925. The third kappa shape index (κ3) is 2.19. The molecule has 1 aromatic heterocycles. The second kappa shape index (κ2) is 5.07. The number of nitrogens with zero attached hydrogens (tertiary/aromatic N) is 3. The van der Waals surface area contributed by atoms with Gasteiger partial charge in [0.1, 0.15) is 17.9 Å². The Morgan fingerprint density at radius 1 is 1.45 bits per heavy atom. The molecule has 2 aromatic rings. The molecule has 1 atom stereocenters. The summed E-state index contributed by atoms with van der Waals surface area (Å²) in [7, 11) is 0. The van der Waals surface area contributed by atoms with Gasteiger partial charge < -0.3 is 5.32 Å². The summed E-state index contributed by atoms with van der Waals surface area (Å²) in [5, 5.41) is 7.46. The maximum atomic E-state index is 12.5. The van der Waals surface area contributed by atoms with E-state index in [2.05, 4.69) is 15.4 Å². The average Bonchev–Trinajstić information content (AvgIpc) is 3.04. The van der Waals surface area contributed by atoms with Gasteiger partial charge in [-0.25, -0.2) is 9.67 Å². The lowest BCUT2D eigenvalue weighted by Gasteiger charge is -2.11. The zero-order valence-electron chi connectivity index (χ0n) is 11.7. The molecule has 0 amide bonds. The van der Waals surface area contributed by atoms with E-state index in [9.17, 15) is 4.79 Å². The molecule has 0 saturated heterocycles. The van der Waals surface area contributed by atoms with Crippen molar-refractivity contribution in [2.75, 3.05) is 11.9 Å². The van der Waals surface area contributed by atoms with Crippen molar-refractivity contribution >= 4 is 11.5 Å². The van der Waals surface area contributed by atoms with Gasteiger partial charge in [-0.05, 0) is 25.5 Å². The van der Waals surface area contributed by atoms with Crippen LogP contribution in [0.3, 0.4) is 0 Å². The van der Waals surface area contributed by atoms with Gasteiger partial charge in [-0.1, -0.05) is 18.2 Å². The number of ketones is 1. The van der Waals surface area contributed by atoms with Gasteiger partial charge in [0, 0.05) is 18.3 Å². The van der Waals surface area contributed by atoms with Gasteiger partial charge in [0.25, 0.3) is 0 Å². The van der Waals surface area contributed by atoms with Crippen molar-refractivity contribution in [1.29, 1.82) is 0 Å². The van der Waals surface area contributed by atoms with Crippen LogP contribution in [-0.2, 0) is 11.2 Å². The van der Waals surface area contributed by atoms with Crippen molar-refractivity contribution in [2.45, 2.75) is 32.2 Å². The topological polar surface area (TPSA) is 59.8 Å². The maximum Gasteiger partial charge on any atom is 0.149 e. The fourth-order valence-electron chi connectivity index (χ4n) is 2.68. The molecule has 2 heterocycles. The molecule has 5 nitrogen and oxygen atoms in total. The highest BCUT2D eigenvalue weighted by molar-refractivity contribution is 5.90. The number of carbonyl (C=O) groups excluding carboxylic acids is 1. The standard InChI is InChI=1S/C15H18N4O/c1-10(2)19-15(17-9-18-19)7-14(20)12-8-16-13-6-4-3-5-11(12)13/h3-6,9-10,12,16H,7-8H2,1-2H3. The molecule has 1 unspecified atom stereocenters. The van der Waals surface area contributed by atoms with Gasteiger partial charge >= 0.3 is 0 Å². The molecule has 1 N–H and O–H groups in total. The van der Waals surface area contributed by atoms with Crippen molar-refractivity contribution in [3.8, 4) is 0 Å². The van der Waals surface area contributed by atoms with Crippen molar-refractivity contribution in [3.05, 3.63) is 42.0 Å². The van der Waals surface area contributed by atoms with E-state index in [0.29, 0.717) is 13.0 Å². The van der Waals surface area contributed by atoms with Crippen LogP contribution < -0.4 is 5.32 Å². The van der Waals surface area contributed by atoms with E-state index < -0.39 is 0 Å². The minimum atomic E-state index is -0.0801. The number of hydrogen-bond acceptors (Lipinski definition) is 4. The van der Waals surface area contributed by atoms with Gasteiger partial charge in [-0.3, -0.25) is 4.79 Å². The summed E-state index contributed by atoms with van der Waals surface area (Å²) < 4.78 is 1.81. The highest BCUT2D eigenvalue weighted by Gasteiger charge is 2.29. The molecule has 5 heteroatoms. The molecule has 0 bridgehead atoms. The molecule has 104 valence electrons. The maximum absolute atomic E-state index is 12.5. The molecule has 0 saturated carbocycles. The zero-order chi connectivity index (χ0) is 14.1. The molecular weight excluding hydrogens is 252 g/mol. The predicted molar refractivity (Wildman–Crippen MR) is 76.8 cm³/mol. The van der Waals surface area contributed by atoms with E-state index in [1.54, 1.807) is 0 Å². The van der Waals surface area contributed by atoms with Gasteiger partial charge in [0.15, 0.2) is 0 Å². The van der Waals surface area contributed by atoms with Crippen LogP contribution in [0.25, 0.3) is 0 Å². The number of Topliss-reactive ketones (excluding diaryl/α,β-unsaturated/α-hetero) is 1. The first-order valence-corrected chi connectivity index (χ1v) is 6.90. The van der Waals surface area contributed by atoms with Crippen LogP contribution in [0.4, 0.5) is 5.69 Å². The Kier molecular flexibility index (Phi) is 3.26. The molecule has 1 aliphatic rings. The number of anilines is 1. The van der Waals surface area contributed by atoms with E-state index in [1.165, 1.54) is 6.33 Å². The van der Waals surface area contributed by atoms with Gasteiger partial charge in [-0.15, -0.1) is 0 Å². The lowest BCUT2D eigenvalue weighted by atomic mass is 9.95. The Morgan fingerprint density at radius 3 is 3.05 bits per heavy atom. The van der Waals surface area contributed by atoms with Crippen molar-refractivity contribution in [2.24, 2.45) is 0 Å². The monoisotopic (exact) mass is 270 g/mol. The Balaban J connectivity index is 1.80. The number of hydrogen-bond donors (Lipinski definition) is 1. The van der Waals surface area contributed by atoms with Crippen LogP contribution in [0.5, 0.6) is 0 Å². The summed E-state index contributed by atoms with van der Waals surface area (Å²) in [4.78, 5) is 16.7. The van der Waals surface area contributed by atoms with E-state index in [-0.39, 0.29) is 17.7 Å². The molecule has 3 rings (SSSR count). The number of aromatic nitrogens is 3. The summed E-state index contributed by atoms with van der Waals surface area (Å²) in [6.45, 7) is 4.75. The van der Waals surface area contributed by atoms with E-state index >= 15 is 0 Å². The minimum Gasteiger partial charge on any atom is -0.384 e. The Hall–Kier alpha value is -2.17. The molecule has 0 radical (unpaired) electrons. The van der Waals surface area contributed by atoms with Gasteiger partial charge in [0.05, 0.1) is 12.3 Å². The first-order valence-electron chi connectivity index (χ1n) is 6.90. The first-order chi connectivity index (χ1) is 9.66. The normalized spacial score (nSPS) is 17.1. The largest absolute Gasteiger partial charge is 0.384 e. The molecule has 0 fully saturated rings. The highest BCUT2D eigenvalue weighted by atomic mass is 16.1. The fraction of sp³-hybridized carbons (Fsp3) is 0.400.